The van der Waals surface area contributed by atoms with Gasteiger partial charge in [-0.2, -0.15) is 13.2 Å². The highest BCUT2D eigenvalue weighted by atomic mass is 79.9. The minimum Gasteiger partial charge on any atom is -0.360 e. The minimum absolute atomic E-state index is 0.110. The lowest BCUT2D eigenvalue weighted by Gasteiger charge is -2.30. The fourth-order valence-electron chi connectivity index (χ4n) is 1.80. The van der Waals surface area contributed by atoms with Crippen LogP contribution in [0, 0.1) is 10.1 Å². The average Bonchev–Trinajstić information content (AvgIpc) is 2.33. The number of benzene rings is 1. The third kappa shape index (κ3) is 4.36. The SMILES string of the molecule is CC(C)N(CC(F)(F)F)c1ccc([N+](=O)[O-])c(CBr)c1. The number of halogens is 4. The standard InChI is InChI=1S/C12H14BrF3N2O2/c1-8(2)17(7-12(14,15)16)10-3-4-11(18(19)20)9(5-10)6-13/h3-5,8H,6-7H2,1-2H3. The molecule has 0 aliphatic carbocycles. The van der Waals surface area contributed by atoms with Crippen LogP contribution in [-0.2, 0) is 5.33 Å². The second kappa shape index (κ2) is 6.43. The molecule has 0 fully saturated rings. The van der Waals surface area contributed by atoms with Crippen molar-refractivity contribution in [3.63, 3.8) is 0 Å². The van der Waals surface area contributed by atoms with E-state index in [4.69, 9.17) is 0 Å². The van der Waals surface area contributed by atoms with Crippen LogP contribution in [-0.4, -0.2) is 23.7 Å². The monoisotopic (exact) mass is 354 g/mol. The molecule has 0 aromatic heterocycles. The van der Waals surface area contributed by atoms with Gasteiger partial charge in [0, 0.05) is 28.7 Å². The Morgan fingerprint density at radius 1 is 1.40 bits per heavy atom. The van der Waals surface area contributed by atoms with Crippen molar-refractivity contribution >= 4 is 27.3 Å². The molecule has 0 amide bonds. The molecule has 112 valence electrons. The van der Waals surface area contributed by atoms with Crippen molar-refractivity contribution in [3.8, 4) is 0 Å². The molecule has 1 rings (SSSR count). The summed E-state index contributed by atoms with van der Waals surface area (Å²) in [7, 11) is 0. The van der Waals surface area contributed by atoms with Crippen LogP contribution in [0.2, 0.25) is 0 Å². The maximum atomic E-state index is 12.6. The molecule has 0 saturated carbocycles. The molecule has 20 heavy (non-hydrogen) atoms. The summed E-state index contributed by atoms with van der Waals surface area (Å²) in [5, 5.41) is 11.0. The summed E-state index contributed by atoms with van der Waals surface area (Å²) >= 11 is 3.11. The molecule has 1 aromatic carbocycles. The molecule has 0 atom stereocenters. The van der Waals surface area contributed by atoms with Crippen molar-refractivity contribution in [3.05, 3.63) is 33.9 Å². The predicted molar refractivity (Wildman–Crippen MR) is 74.3 cm³/mol. The Kier molecular flexibility index (Phi) is 5.38. The van der Waals surface area contributed by atoms with Gasteiger partial charge in [-0.25, -0.2) is 0 Å². The molecule has 0 unspecified atom stereocenters. The zero-order chi connectivity index (χ0) is 15.5. The van der Waals surface area contributed by atoms with E-state index >= 15 is 0 Å². The first-order chi connectivity index (χ1) is 9.15. The number of nitro benzene ring substituents is 1. The molecule has 0 aliphatic heterocycles. The summed E-state index contributed by atoms with van der Waals surface area (Å²) in [5.41, 5.74) is 0.555. The largest absolute Gasteiger partial charge is 0.405 e. The van der Waals surface area contributed by atoms with Gasteiger partial charge in [0.05, 0.1) is 4.92 Å². The lowest BCUT2D eigenvalue weighted by molar-refractivity contribution is -0.385. The van der Waals surface area contributed by atoms with Crippen LogP contribution < -0.4 is 4.90 Å². The minimum atomic E-state index is -4.33. The number of nitro groups is 1. The van der Waals surface area contributed by atoms with Gasteiger partial charge in [-0.15, -0.1) is 0 Å². The maximum Gasteiger partial charge on any atom is 0.405 e. The van der Waals surface area contributed by atoms with Gasteiger partial charge in [0.25, 0.3) is 5.69 Å². The summed E-state index contributed by atoms with van der Waals surface area (Å²) in [5.74, 6) is 0. The lowest BCUT2D eigenvalue weighted by atomic mass is 10.1. The fraction of sp³-hybridized carbons (Fsp3) is 0.500. The Morgan fingerprint density at radius 3 is 2.40 bits per heavy atom. The van der Waals surface area contributed by atoms with Crippen LogP contribution in [0.1, 0.15) is 19.4 Å². The van der Waals surface area contributed by atoms with Crippen LogP contribution in [0.15, 0.2) is 18.2 Å². The predicted octanol–water partition coefficient (Wildman–Crippen LogP) is 4.27. The Bertz CT molecular complexity index is 492. The number of hydrogen-bond acceptors (Lipinski definition) is 3. The molecule has 0 N–H and O–H groups in total. The number of rotatable bonds is 5. The van der Waals surface area contributed by atoms with E-state index in [9.17, 15) is 23.3 Å². The van der Waals surface area contributed by atoms with Crippen molar-refractivity contribution in [1.29, 1.82) is 0 Å². The van der Waals surface area contributed by atoms with Crippen LogP contribution in [0.4, 0.5) is 24.5 Å². The van der Waals surface area contributed by atoms with E-state index in [-0.39, 0.29) is 17.1 Å². The van der Waals surface area contributed by atoms with Gasteiger partial charge in [0.15, 0.2) is 0 Å². The number of nitrogens with zero attached hydrogens (tertiary/aromatic N) is 2. The first kappa shape index (κ1) is 16.7. The van der Waals surface area contributed by atoms with E-state index in [0.717, 1.165) is 4.90 Å². The summed E-state index contributed by atoms with van der Waals surface area (Å²) in [6.45, 7) is 2.19. The fourth-order valence-corrected chi connectivity index (χ4v) is 2.25. The Hall–Kier alpha value is -1.31. The van der Waals surface area contributed by atoms with Gasteiger partial charge in [-0.05, 0) is 26.0 Å². The molecule has 8 heteroatoms. The number of hydrogen-bond donors (Lipinski definition) is 0. The molecule has 1 aromatic rings. The highest BCUT2D eigenvalue weighted by Gasteiger charge is 2.32. The highest BCUT2D eigenvalue weighted by molar-refractivity contribution is 9.08. The lowest BCUT2D eigenvalue weighted by Crippen LogP contribution is -2.39. The van der Waals surface area contributed by atoms with Gasteiger partial charge < -0.3 is 4.90 Å². The average molecular weight is 355 g/mol. The molecular weight excluding hydrogens is 341 g/mol. The molecule has 4 nitrogen and oxygen atoms in total. The Labute approximate surface area is 122 Å². The van der Waals surface area contributed by atoms with Crippen molar-refractivity contribution in [1.82, 2.24) is 0 Å². The van der Waals surface area contributed by atoms with E-state index in [2.05, 4.69) is 15.9 Å². The summed E-state index contributed by atoms with van der Waals surface area (Å²) in [6, 6.07) is 3.62. The van der Waals surface area contributed by atoms with Crippen LogP contribution in [0.3, 0.4) is 0 Å². The van der Waals surface area contributed by atoms with Gasteiger partial charge in [0.2, 0.25) is 0 Å². The molecule has 0 aliphatic rings. The van der Waals surface area contributed by atoms with Crippen LogP contribution >= 0.6 is 15.9 Å². The van der Waals surface area contributed by atoms with Gasteiger partial charge in [0.1, 0.15) is 6.54 Å². The van der Waals surface area contributed by atoms with Gasteiger partial charge in [-0.1, -0.05) is 15.9 Å². The molecule has 0 heterocycles. The number of alkyl halides is 4. The number of anilines is 1. The highest BCUT2D eigenvalue weighted by Crippen LogP contribution is 2.30. The third-order valence-electron chi connectivity index (χ3n) is 2.71. The normalized spacial score (nSPS) is 11.8. The van der Waals surface area contributed by atoms with E-state index in [1.807, 2.05) is 0 Å². The molecule has 0 bridgehead atoms. The van der Waals surface area contributed by atoms with Crippen molar-refractivity contribution in [2.75, 3.05) is 11.4 Å². The quantitative estimate of drug-likeness (QED) is 0.450. The first-order valence-electron chi connectivity index (χ1n) is 5.82. The summed E-state index contributed by atoms with van der Waals surface area (Å²) in [6.07, 6.45) is -4.33. The molecular formula is C12H14BrF3N2O2. The zero-order valence-corrected chi connectivity index (χ0v) is 12.5. The second-order valence-corrected chi connectivity index (χ2v) is 5.10. The van der Waals surface area contributed by atoms with Gasteiger partial charge in [-0.3, -0.25) is 10.1 Å². The third-order valence-corrected chi connectivity index (χ3v) is 3.31. The van der Waals surface area contributed by atoms with Crippen molar-refractivity contribution in [2.45, 2.75) is 31.4 Å². The van der Waals surface area contributed by atoms with Crippen LogP contribution in [0.25, 0.3) is 0 Å². The van der Waals surface area contributed by atoms with Crippen molar-refractivity contribution in [2.24, 2.45) is 0 Å². The topological polar surface area (TPSA) is 46.4 Å². The molecule has 0 radical (unpaired) electrons. The first-order valence-corrected chi connectivity index (χ1v) is 6.94. The van der Waals surface area contributed by atoms with E-state index < -0.39 is 17.6 Å². The molecule has 0 spiro atoms. The van der Waals surface area contributed by atoms with E-state index in [1.165, 1.54) is 18.2 Å². The summed E-state index contributed by atoms with van der Waals surface area (Å²) < 4.78 is 37.7. The molecule has 0 saturated heterocycles. The Morgan fingerprint density at radius 2 is 2.00 bits per heavy atom. The van der Waals surface area contributed by atoms with Crippen molar-refractivity contribution < 1.29 is 18.1 Å². The van der Waals surface area contributed by atoms with Gasteiger partial charge >= 0.3 is 6.18 Å². The second-order valence-electron chi connectivity index (χ2n) is 4.54. The van der Waals surface area contributed by atoms with Crippen LogP contribution in [0.5, 0.6) is 0 Å². The smallest absolute Gasteiger partial charge is 0.360 e. The summed E-state index contributed by atoms with van der Waals surface area (Å²) in [4.78, 5) is 11.4. The van der Waals surface area contributed by atoms with E-state index in [0.29, 0.717) is 11.3 Å². The van der Waals surface area contributed by atoms with E-state index in [1.54, 1.807) is 13.8 Å². The zero-order valence-electron chi connectivity index (χ0n) is 10.9. The Balaban J connectivity index is 3.18. The maximum absolute atomic E-state index is 12.6.